The molecule has 0 fully saturated rings. The van der Waals surface area contributed by atoms with Crippen molar-refractivity contribution in [3.63, 3.8) is 0 Å². The first-order chi connectivity index (χ1) is 11.7. The van der Waals surface area contributed by atoms with E-state index in [2.05, 4.69) is 19.2 Å². The van der Waals surface area contributed by atoms with Crippen molar-refractivity contribution < 1.29 is 18.7 Å². The molecule has 1 aromatic carbocycles. The lowest BCUT2D eigenvalue weighted by Crippen LogP contribution is -2.38. The van der Waals surface area contributed by atoms with E-state index in [9.17, 15) is 14.0 Å². The Morgan fingerprint density at radius 1 is 1.24 bits per heavy atom. The third-order valence-electron chi connectivity index (χ3n) is 4.85. The molecule has 1 aliphatic heterocycles. The molecule has 25 heavy (non-hydrogen) atoms. The number of allylic oxidation sites excluding steroid dienone is 3. The predicted octanol–water partition coefficient (Wildman–Crippen LogP) is 3.60. The maximum Gasteiger partial charge on any atom is 0.336 e. The van der Waals surface area contributed by atoms with Gasteiger partial charge in [-0.3, -0.25) is 4.79 Å². The lowest BCUT2D eigenvalue weighted by atomic mass is 9.68. The molecule has 0 radical (unpaired) electrons. The molecule has 1 aromatic rings. The molecule has 132 valence electrons. The summed E-state index contributed by atoms with van der Waals surface area (Å²) in [5.41, 5.74) is 3.09. The molecule has 3 rings (SSSR count). The maximum absolute atomic E-state index is 13.4. The first-order valence-corrected chi connectivity index (χ1v) is 8.31. The average Bonchev–Trinajstić information content (AvgIpc) is 2.52. The van der Waals surface area contributed by atoms with Crippen LogP contribution in [0.15, 0.2) is 46.8 Å². The number of carbonyl (C=O) groups is 2. The summed E-state index contributed by atoms with van der Waals surface area (Å²) in [5, 5.41) is 3.24. The Morgan fingerprint density at radius 2 is 1.88 bits per heavy atom. The van der Waals surface area contributed by atoms with Crippen LogP contribution >= 0.6 is 0 Å². The second-order valence-electron chi connectivity index (χ2n) is 7.47. The molecule has 1 atom stereocenters. The van der Waals surface area contributed by atoms with Crippen molar-refractivity contribution in [3.8, 4) is 0 Å². The molecular formula is C20H22FNO3. The van der Waals surface area contributed by atoms with Crippen LogP contribution in [0.2, 0.25) is 0 Å². The summed E-state index contributed by atoms with van der Waals surface area (Å²) in [6.45, 7) is 5.91. The van der Waals surface area contributed by atoms with Gasteiger partial charge in [-0.15, -0.1) is 0 Å². The number of halogens is 1. The van der Waals surface area contributed by atoms with Crippen molar-refractivity contribution >= 4 is 11.8 Å². The van der Waals surface area contributed by atoms with Crippen LogP contribution in [0.3, 0.4) is 0 Å². The number of esters is 1. The number of benzene rings is 1. The van der Waals surface area contributed by atoms with Crippen LogP contribution in [0.25, 0.3) is 0 Å². The van der Waals surface area contributed by atoms with Crippen molar-refractivity contribution in [1.29, 1.82) is 0 Å². The van der Waals surface area contributed by atoms with E-state index in [4.69, 9.17) is 4.74 Å². The molecule has 0 spiro atoms. The topological polar surface area (TPSA) is 55.4 Å². The molecule has 0 saturated heterocycles. The Bertz CT molecular complexity index is 803. The highest BCUT2D eigenvalue weighted by molar-refractivity contribution is 6.04. The van der Waals surface area contributed by atoms with Gasteiger partial charge >= 0.3 is 5.97 Å². The van der Waals surface area contributed by atoms with Crippen molar-refractivity contribution in [2.45, 2.75) is 39.5 Å². The summed E-state index contributed by atoms with van der Waals surface area (Å²) in [6.07, 6.45) is 1.14. The van der Waals surface area contributed by atoms with Crippen molar-refractivity contribution in [1.82, 2.24) is 5.32 Å². The van der Waals surface area contributed by atoms with Crippen molar-refractivity contribution in [3.05, 3.63) is 58.2 Å². The van der Waals surface area contributed by atoms with Gasteiger partial charge in [-0.2, -0.15) is 0 Å². The number of ether oxygens (including phenoxy) is 1. The second kappa shape index (κ2) is 6.14. The highest BCUT2D eigenvalue weighted by Gasteiger charge is 2.42. The molecular weight excluding hydrogens is 321 g/mol. The molecule has 1 N–H and O–H groups in total. The van der Waals surface area contributed by atoms with E-state index in [1.54, 1.807) is 19.1 Å². The van der Waals surface area contributed by atoms with Gasteiger partial charge in [0.15, 0.2) is 5.78 Å². The summed E-state index contributed by atoms with van der Waals surface area (Å²) < 4.78 is 18.3. The number of carbonyl (C=O) groups excluding carboxylic acids is 2. The Kier molecular flexibility index (Phi) is 4.27. The van der Waals surface area contributed by atoms with E-state index in [-0.39, 0.29) is 17.0 Å². The highest BCUT2D eigenvalue weighted by atomic mass is 19.1. The van der Waals surface area contributed by atoms with Gasteiger partial charge in [0.1, 0.15) is 5.82 Å². The number of rotatable bonds is 2. The van der Waals surface area contributed by atoms with Crippen LogP contribution in [-0.4, -0.2) is 18.9 Å². The fraction of sp³-hybridized carbons (Fsp3) is 0.400. The lowest BCUT2D eigenvalue weighted by molar-refractivity contribution is -0.136. The average molecular weight is 343 g/mol. The minimum absolute atomic E-state index is 0.0157. The van der Waals surface area contributed by atoms with Crippen LogP contribution in [0, 0.1) is 11.2 Å². The zero-order valence-electron chi connectivity index (χ0n) is 14.9. The molecule has 0 aromatic heterocycles. The van der Waals surface area contributed by atoms with Crippen molar-refractivity contribution in [2.75, 3.05) is 7.11 Å². The Morgan fingerprint density at radius 3 is 2.48 bits per heavy atom. The number of hydrogen-bond donors (Lipinski definition) is 1. The third kappa shape index (κ3) is 3.11. The minimum Gasteiger partial charge on any atom is -0.466 e. The van der Waals surface area contributed by atoms with E-state index < -0.39 is 11.9 Å². The SMILES string of the molecule is COC(=O)C1=C(C)NC2=C(C(=O)CC(C)(C)C2)C1c1ccc(F)cc1. The number of dihydropyridines is 1. The molecule has 0 amide bonds. The zero-order chi connectivity index (χ0) is 18.4. The van der Waals surface area contributed by atoms with E-state index in [1.807, 2.05) is 0 Å². The van der Waals surface area contributed by atoms with Gasteiger partial charge in [-0.1, -0.05) is 26.0 Å². The number of nitrogens with one attached hydrogen (secondary N) is 1. The molecule has 0 bridgehead atoms. The summed E-state index contributed by atoms with van der Waals surface area (Å²) >= 11 is 0. The monoisotopic (exact) mass is 343 g/mol. The normalized spacial score (nSPS) is 22.4. The zero-order valence-corrected chi connectivity index (χ0v) is 14.9. The molecule has 0 saturated carbocycles. The summed E-state index contributed by atoms with van der Waals surface area (Å²) in [7, 11) is 1.32. The van der Waals surface area contributed by atoms with Crippen molar-refractivity contribution in [2.24, 2.45) is 5.41 Å². The quantitative estimate of drug-likeness (QED) is 0.834. The van der Waals surface area contributed by atoms with Crippen LogP contribution in [0.1, 0.15) is 45.1 Å². The van der Waals surface area contributed by atoms with Gasteiger partial charge in [-0.25, -0.2) is 9.18 Å². The van der Waals surface area contributed by atoms with Crippen LogP contribution in [0.4, 0.5) is 4.39 Å². The molecule has 1 heterocycles. The number of Topliss-reactive ketones (excluding diaryl/α,β-unsaturated/α-hetero) is 1. The Hall–Kier alpha value is -2.43. The number of ketones is 1. The van der Waals surface area contributed by atoms with Gasteiger partial charge < -0.3 is 10.1 Å². The first kappa shape index (κ1) is 17.4. The second-order valence-corrected chi connectivity index (χ2v) is 7.47. The van der Waals surface area contributed by atoms with Crippen LogP contribution in [0.5, 0.6) is 0 Å². The maximum atomic E-state index is 13.4. The van der Waals surface area contributed by atoms with Gasteiger partial charge in [0.2, 0.25) is 0 Å². The van der Waals surface area contributed by atoms with Crippen LogP contribution in [-0.2, 0) is 14.3 Å². The number of hydrogen-bond acceptors (Lipinski definition) is 4. The highest BCUT2D eigenvalue weighted by Crippen LogP contribution is 2.46. The van der Waals surface area contributed by atoms with Gasteiger partial charge in [0.05, 0.1) is 12.7 Å². The predicted molar refractivity (Wildman–Crippen MR) is 92.0 cm³/mol. The fourth-order valence-electron chi connectivity index (χ4n) is 3.81. The van der Waals surface area contributed by atoms with E-state index in [0.29, 0.717) is 28.8 Å². The van der Waals surface area contributed by atoms with Gasteiger partial charge in [0.25, 0.3) is 0 Å². The molecule has 5 heteroatoms. The van der Waals surface area contributed by atoms with Gasteiger partial charge in [0, 0.05) is 29.3 Å². The summed E-state index contributed by atoms with van der Waals surface area (Å²) in [6, 6.07) is 5.94. The van der Waals surface area contributed by atoms with Gasteiger partial charge in [-0.05, 0) is 36.5 Å². The van der Waals surface area contributed by atoms with Crippen LogP contribution < -0.4 is 5.32 Å². The van der Waals surface area contributed by atoms with E-state index in [0.717, 1.165) is 12.1 Å². The standard InChI is InChI=1S/C20H22FNO3/c1-11-16(19(24)25-4)17(12-5-7-13(21)8-6-12)18-14(22-11)9-20(2,3)10-15(18)23/h5-8,17,22H,9-10H2,1-4H3. The lowest BCUT2D eigenvalue weighted by Gasteiger charge is -2.39. The Balaban J connectivity index is 2.19. The minimum atomic E-state index is -0.534. The fourth-order valence-corrected chi connectivity index (χ4v) is 3.81. The molecule has 4 nitrogen and oxygen atoms in total. The first-order valence-electron chi connectivity index (χ1n) is 8.31. The summed E-state index contributed by atoms with van der Waals surface area (Å²) in [4.78, 5) is 25.3. The largest absolute Gasteiger partial charge is 0.466 e. The summed E-state index contributed by atoms with van der Waals surface area (Å²) in [5.74, 6) is -1.36. The number of methoxy groups -OCH3 is 1. The Labute approximate surface area is 146 Å². The molecule has 1 unspecified atom stereocenters. The molecule has 1 aliphatic carbocycles. The smallest absolute Gasteiger partial charge is 0.336 e. The third-order valence-corrected chi connectivity index (χ3v) is 4.85. The van der Waals surface area contributed by atoms with E-state index in [1.165, 1.54) is 19.2 Å². The van der Waals surface area contributed by atoms with E-state index >= 15 is 0 Å². The molecule has 2 aliphatic rings.